The largest absolute Gasteiger partial charge is 0.326 e. The number of nitrogens with zero attached hydrogens (tertiary/aromatic N) is 3. The molecule has 2 N–H and O–H groups in total. The van der Waals surface area contributed by atoms with Crippen LogP contribution in [-0.2, 0) is 0 Å². The summed E-state index contributed by atoms with van der Waals surface area (Å²) >= 11 is 0. The summed E-state index contributed by atoms with van der Waals surface area (Å²) < 4.78 is 5.06. The van der Waals surface area contributed by atoms with Crippen molar-refractivity contribution in [2.75, 3.05) is 18.0 Å². The number of hydrogen-bond acceptors (Lipinski definition) is 5. The zero-order valence-corrected chi connectivity index (χ0v) is 7.73. The normalized spacial score (nSPS) is 23.5. The maximum Gasteiger partial charge on any atom is 0.324 e. The Balaban J connectivity index is 2.08. The van der Waals surface area contributed by atoms with E-state index in [9.17, 15) is 0 Å². The SMILES string of the molecule is Cc1noc(N2CCC[C@@H](N)C2)n1. The van der Waals surface area contributed by atoms with Crippen molar-refractivity contribution in [3.63, 3.8) is 0 Å². The second kappa shape index (κ2) is 3.33. The highest BCUT2D eigenvalue weighted by Crippen LogP contribution is 2.16. The molecule has 0 unspecified atom stereocenters. The molecule has 0 aromatic carbocycles. The molecule has 1 aliphatic rings. The monoisotopic (exact) mass is 182 g/mol. The van der Waals surface area contributed by atoms with Crippen LogP contribution in [0.1, 0.15) is 18.7 Å². The van der Waals surface area contributed by atoms with Crippen LogP contribution in [0.15, 0.2) is 4.52 Å². The zero-order valence-electron chi connectivity index (χ0n) is 7.73. The van der Waals surface area contributed by atoms with Crippen LogP contribution in [0, 0.1) is 6.92 Å². The standard InChI is InChI=1S/C8H14N4O/c1-6-10-8(13-11-6)12-4-2-3-7(9)5-12/h7H,2-5,9H2,1H3/t7-/m1/s1. The molecule has 1 fully saturated rings. The minimum Gasteiger partial charge on any atom is -0.326 e. The van der Waals surface area contributed by atoms with E-state index in [1.54, 1.807) is 0 Å². The summed E-state index contributed by atoms with van der Waals surface area (Å²) in [5, 5.41) is 3.75. The molecular formula is C8H14N4O. The fourth-order valence-electron chi connectivity index (χ4n) is 1.60. The lowest BCUT2D eigenvalue weighted by Gasteiger charge is -2.28. The Hall–Kier alpha value is -1.10. The van der Waals surface area contributed by atoms with Crippen LogP contribution in [0.25, 0.3) is 0 Å². The van der Waals surface area contributed by atoms with Gasteiger partial charge in [-0.25, -0.2) is 0 Å². The summed E-state index contributed by atoms with van der Waals surface area (Å²) in [6.07, 6.45) is 2.19. The van der Waals surface area contributed by atoms with Crippen molar-refractivity contribution in [3.05, 3.63) is 5.82 Å². The van der Waals surface area contributed by atoms with Crippen molar-refractivity contribution in [2.45, 2.75) is 25.8 Å². The van der Waals surface area contributed by atoms with Crippen LogP contribution in [0.3, 0.4) is 0 Å². The Morgan fingerprint density at radius 3 is 3.08 bits per heavy atom. The number of aryl methyl sites for hydroxylation is 1. The first-order valence-electron chi connectivity index (χ1n) is 4.56. The molecule has 13 heavy (non-hydrogen) atoms. The quantitative estimate of drug-likeness (QED) is 0.676. The summed E-state index contributed by atoms with van der Waals surface area (Å²) in [6.45, 7) is 3.61. The maximum atomic E-state index is 5.84. The highest BCUT2D eigenvalue weighted by Gasteiger charge is 2.20. The summed E-state index contributed by atoms with van der Waals surface area (Å²) in [4.78, 5) is 6.21. The molecule has 1 atom stereocenters. The molecule has 1 saturated heterocycles. The Morgan fingerprint density at radius 1 is 1.62 bits per heavy atom. The van der Waals surface area contributed by atoms with Crippen molar-refractivity contribution >= 4 is 6.01 Å². The molecule has 1 aromatic heterocycles. The van der Waals surface area contributed by atoms with E-state index in [4.69, 9.17) is 10.3 Å². The first-order chi connectivity index (χ1) is 6.25. The van der Waals surface area contributed by atoms with Gasteiger partial charge in [0.05, 0.1) is 0 Å². The Morgan fingerprint density at radius 2 is 2.46 bits per heavy atom. The van der Waals surface area contributed by atoms with Crippen LogP contribution in [0.2, 0.25) is 0 Å². The second-order valence-corrected chi connectivity index (χ2v) is 3.47. The lowest BCUT2D eigenvalue weighted by Crippen LogP contribution is -2.43. The number of anilines is 1. The van der Waals surface area contributed by atoms with Crippen LogP contribution in [0.5, 0.6) is 0 Å². The van der Waals surface area contributed by atoms with Gasteiger partial charge in [-0.1, -0.05) is 5.16 Å². The van der Waals surface area contributed by atoms with E-state index in [0.717, 1.165) is 25.9 Å². The minimum absolute atomic E-state index is 0.237. The van der Waals surface area contributed by atoms with Gasteiger partial charge in [-0.3, -0.25) is 0 Å². The van der Waals surface area contributed by atoms with Gasteiger partial charge in [0, 0.05) is 19.1 Å². The third-order valence-electron chi connectivity index (χ3n) is 2.25. The number of rotatable bonds is 1. The second-order valence-electron chi connectivity index (χ2n) is 3.47. The van der Waals surface area contributed by atoms with Gasteiger partial charge in [0.15, 0.2) is 5.82 Å². The third-order valence-corrected chi connectivity index (χ3v) is 2.25. The van der Waals surface area contributed by atoms with Gasteiger partial charge < -0.3 is 15.2 Å². The van der Waals surface area contributed by atoms with Crippen molar-refractivity contribution in [3.8, 4) is 0 Å². The molecule has 2 heterocycles. The third kappa shape index (κ3) is 1.80. The number of nitrogens with two attached hydrogens (primary N) is 1. The molecule has 72 valence electrons. The molecule has 5 nitrogen and oxygen atoms in total. The van der Waals surface area contributed by atoms with Gasteiger partial charge in [-0.05, 0) is 19.8 Å². The van der Waals surface area contributed by atoms with Crippen molar-refractivity contribution in [2.24, 2.45) is 5.73 Å². The number of piperidine rings is 1. The van der Waals surface area contributed by atoms with E-state index < -0.39 is 0 Å². The van der Waals surface area contributed by atoms with E-state index in [1.165, 1.54) is 0 Å². The smallest absolute Gasteiger partial charge is 0.324 e. The highest BCUT2D eigenvalue weighted by molar-refractivity contribution is 5.26. The summed E-state index contributed by atoms with van der Waals surface area (Å²) in [5.41, 5.74) is 5.84. The van der Waals surface area contributed by atoms with E-state index in [0.29, 0.717) is 11.8 Å². The maximum absolute atomic E-state index is 5.84. The average Bonchev–Trinajstić information content (AvgIpc) is 2.52. The fourth-order valence-corrected chi connectivity index (χ4v) is 1.60. The van der Waals surface area contributed by atoms with E-state index in [-0.39, 0.29) is 6.04 Å². The van der Waals surface area contributed by atoms with Gasteiger partial charge in [0.1, 0.15) is 0 Å². The van der Waals surface area contributed by atoms with Crippen LogP contribution in [0.4, 0.5) is 6.01 Å². The molecule has 0 radical (unpaired) electrons. The topological polar surface area (TPSA) is 68.2 Å². The highest BCUT2D eigenvalue weighted by atomic mass is 16.5. The Kier molecular flexibility index (Phi) is 2.18. The number of aromatic nitrogens is 2. The van der Waals surface area contributed by atoms with Crippen molar-refractivity contribution < 1.29 is 4.52 Å². The molecule has 0 spiro atoms. The molecular weight excluding hydrogens is 168 g/mol. The molecule has 0 saturated carbocycles. The van der Waals surface area contributed by atoms with E-state index >= 15 is 0 Å². The first-order valence-corrected chi connectivity index (χ1v) is 4.56. The lowest BCUT2D eigenvalue weighted by atomic mass is 10.1. The fraction of sp³-hybridized carbons (Fsp3) is 0.750. The zero-order chi connectivity index (χ0) is 9.26. The van der Waals surface area contributed by atoms with Gasteiger partial charge in [-0.2, -0.15) is 4.98 Å². The average molecular weight is 182 g/mol. The van der Waals surface area contributed by atoms with E-state index in [2.05, 4.69) is 10.1 Å². The minimum atomic E-state index is 0.237. The molecule has 1 aromatic rings. The van der Waals surface area contributed by atoms with E-state index in [1.807, 2.05) is 11.8 Å². The molecule has 0 amide bonds. The summed E-state index contributed by atoms with van der Waals surface area (Å²) in [7, 11) is 0. The molecule has 0 aliphatic carbocycles. The van der Waals surface area contributed by atoms with Gasteiger partial charge >= 0.3 is 6.01 Å². The lowest BCUT2D eigenvalue weighted by molar-refractivity contribution is 0.390. The summed E-state index contributed by atoms with van der Waals surface area (Å²) in [5.74, 6) is 0.675. The van der Waals surface area contributed by atoms with Gasteiger partial charge in [0.25, 0.3) is 0 Å². The molecule has 1 aliphatic heterocycles. The van der Waals surface area contributed by atoms with Crippen LogP contribution in [-0.4, -0.2) is 29.3 Å². The van der Waals surface area contributed by atoms with Crippen molar-refractivity contribution in [1.29, 1.82) is 0 Å². The number of hydrogen-bond donors (Lipinski definition) is 1. The Bertz CT molecular complexity index is 285. The molecule has 2 rings (SSSR count). The molecule has 0 bridgehead atoms. The van der Waals surface area contributed by atoms with Crippen molar-refractivity contribution in [1.82, 2.24) is 10.1 Å². The van der Waals surface area contributed by atoms with Crippen LogP contribution >= 0.6 is 0 Å². The Labute approximate surface area is 76.9 Å². The van der Waals surface area contributed by atoms with Crippen LogP contribution < -0.4 is 10.6 Å². The predicted molar refractivity (Wildman–Crippen MR) is 48.5 cm³/mol. The summed E-state index contributed by atoms with van der Waals surface area (Å²) in [6, 6.07) is 0.841. The van der Waals surface area contributed by atoms with Gasteiger partial charge in [-0.15, -0.1) is 0 Å². The first kappa shape index (κ1) is 8.50. The van der Waals surface area contributed by atoms with Gasteiger partial charge in [0.2, 0.25) is 0 Å². The predicted octanol–water partition coefficient (Wildman–Crippen LogP) is 0.306. The molecule has 5 heteroatoms.